The number of hydrogen-bond acceptors (Lipinski definition) is 5. The second-order valence-electron chi connectivity index (χ2n) is 6.09. The smallest absolute Gasteiger partial charge is 0.246 e. The maximum Gasteiger partial charge on any atom is 0.246 e. The van der Waals surface area contributed by atoms with E-state index in [0.717, 1.165) is 29.2 Å². The number of aryl methyl sites for hydroxylation is 3. The Hall–Kier alpha value is -2.34. The summed E-state index contributed by atoms with van der Waals surface area (Å²) >= 11 is 0. The number of hydrogen-bond donors (Lipinski definition) is 0. The van der Waals surface area contributed by atoms with E-state index in [-0.39, 0.29) is 12.0 Å². The zero-order valence-corrected chi connectivity index (χ0v) is 14.2. The highest BCUT2D eigenvalue weighted by molar-refractivity contribution is 5.91. The third-order valence-electron chi connectivity index (χ3n) is 4.25. The van der Waals surface area contributed by atoms with E-state index in [1.165, 1.54) is 0 Å². The number of nitrogens with zero attached hydrogens (tertiary/aromatic N) is 2. The van der Waals surface area contributed by atoms with Gasteiger partial charge in [-0.15, -0.1) is 0 Å². The number of aromatic nitrogens is 1. The Morgan fingerprint density at radius 2 is 2.25 bits per heavy atom. The quantitative estimate of drug-likeness (QED) is 0.788. The largest absolute Gasteiger partial charge is 0.462 e. The van der Waals surface area contributed by atoms with Crippen molar-refractivity contribution in [1.29, 1.82) is 0 Å². The molecule has 1 amide bonds. The van der Waals surface area contributed by atoms with Crippen molar-refractivity contribution in [2.75, 3.05) is 13.1 Å². The lowest BCUT2D eigenvalue weighted by Gasteiger charge is -2.14. The average molecular weight is 330 g/mol. The molecule has 1 saturated heterocycles. The molecule has 0 aromatic carbocycles. The molecular formula is C18H22N2O4. The maximum atomic E-state index is 12.2. The maximum absolute atomic E-state index is 12.2. The molecule has 0 bridgehead atoms. The molecule has 0 radical (unpaired) electrons. The molecule has 3 rings (SSSR count). The van der Waals surface area contributed by atoms with Gasteiger partial charge in [0.05, 0.1) is 18.4 Å². The Bertz CT molecular complexity index is 725. The van der Waals surface area contributed by atoms with Crippen molar-refractivity contribution >= 4 is 12.0 Å². The van der Waals surface area contributed by atoms with Crippen LogP contribution in [0.15, 0.2) is 27.1 Å². The van der Waals surface area contributed by atoms with E-state index in [1.54, 1.807) is 17.1 Å². The van der Waals surface area contributed by atoms with Gasteiger partial charge >= 0.3 is 0 Å². The minimum Gasteiger partial charge on any atom is -0.462 e. The van der Waals surface area contributed by atoms with Crippen LogP contribution in [0.25, 0.3) is 6.08 Å². The molecule has 2 aromatic rings. The summed E-state index contributed by atoms with van der Waals surface area (Å²) in [6.45, 7) is 7.43. The summed E-state index contributed by atoms with van der Waals surface area (Å²) in [5.41, 5.74) is 1.85. The fraction of sp³-hybridized carbons (Fsp3) is 0.444. The molecule has 0 N–H and O–H groups in total. The molecule has 3 heterocycles. The molecule has 1 atom stereocenters. The first-order valence-corrected chi connectivity index (χ1v) is 8.09. The predicted octanol–water partition coefficient (Wildman–Crippen LogP) is 3.02. The number of carbonyl (C=O) groups is 1. The zero-order valence-electron chi connectivity index (χ0n) is 14.2. The Morgan fingerprint density at radius 1 is 1.42 bits per heavy atom. The minimum absolute atomic E-state index is 0.0208. The summed E-state index contributed by atoms with van der Waals surface area (Å²) in [5, 5.41) is 3.92. The van der Waals surface area contributed by atoms with Gasteiger partial charge in [0.25, 0.3) is 0 Å². The Labute approximate surface area is 141 Å². The van der Waals surface area contributed by atoms with Crippen LogP contribution in [0.5, 0.6) is 0 Å². The first-order chi connectivity index (χ1) is 11.5. The monoisotopic (exact) mass is 330 g/mol. The highest BCUT2D eigenvalue weighted by Gasteiger charge is 2.26. The van der Waals surface area contributed by atoms with Gasteiger partial charge in [0, 0.05) is 24.7 Å². The Morgan fingerprint density at radius 3 is 2.92 bits per heavy atom. The lowest BCUT2D eigenvalue weighted by molar-refractivity contribution is -0.125. The second kappa shape index (κ2) is 7.05. The molecule has 1 unspecified atom stereocenters. The fourth-order valence-electron chi connectivity index (χ4n) is 2.78. The van der Waals surface area contributed by atoms with Gasteiger partial charge in [0.15, 0.2) is 0 Å². The number of rotatable bonds is 5. The van der Waals surface area contributed by atoms with E-state index in [1.807, 2.05) is 32.9 Å². The van der Waals surface area contributed by atoms with Crippen molar-refractivity contribution in [2.24, 2.45) is 0 Å². The molecule has 1 fully saturated rings. The number of furan rings is 1. The Kier molecular flexibility index (Phi) is 4.85. The molecule has 1 aliphatic heterocycles. The number of ether oxygens (including phenoxy) is 1. The predicted molar refractivity (Wildman–Crippen MR) is 88.2 cm³/mol. The van der Waals surface area contributed by atoms with Crippen molar-refractivity contribution in [2.45, 2.75) is 39.9 Å². The molecule has 6 nitrogen and oxygen atoms in total. The number of amides is 1. The summed E-state index contributed by atoms with van der Waals surface area (Å²) in [4.78, 5) is 14.0. The molecule has 0 aliphatic carbocycles. The SMILES string of the molecule is Cc1ccc(/C=C/C(=O)N2CCC(OCc3c(C)noc3C)C2)o1. The van der Waals surface area contributed by atoms with E-state index >= 15 is 0 Å². The molecule has 2 aromatic heterocycles. The minimum atomic E-state index is -0.0208. The van der Waals surface area contributed by atoms with Gasteiger partial charge in [-0.2, -0.15) is 0 Å². The molecule has 0 saturated carbocycles. The summed E-state index contributed by atoms with van der Waals surface area (Å²) < 4.78 is 16.5. The third-order valence-corrected chi connectivity index (χ3v) is 4.25. The summed E-state index contributed by atoms with van der Waals surface area (Å²) in [6, 6.07) is 3.72. The highest BCUT2D eigenvalue weighted by Crippen LogP contribution is 2.19. The molecule has 6 heteroatoms. The lowest BCUT2D eigenvalue weighted by atomic mass is 10.2. The van der Waals surface area contributed by atoms with Crippen LogP contribution >= 0.6 is 0 Å². The van der Waals surface area contributed by atoms with Crippen molar-refractivity contribution in [3.8, 4) is 0 Å². The van der Waals surface area contributed by atoms with Gasteiger partial charge in [-0.1, -0.05) is 5.16 Å². The summed E-state index contributed by atoms with van der Waals surface area (Å²) in [5.74, 6) is 2.28. The van der Waals surface area contributed by atoms with Crippen LogP contribution in [0.2, 0.25) is 0 Å². The van der Waals surface area contributed by atoms with Gasteiger partial charge in [-0.05, 0) is 45.4 Å². The summed E-state index contributed by atoms with van der Waals surface area (Å²) in [6.07, 6.45) is 4.13. The van der Waals surface area contributed by atoms with Gasteiger partial charge in [-0.25, -0.2) is 0 Å². The molecule has 0 spiro atoms. The third kappa shape index (κ3) is 3.76. The molecular weight excluding hydrogens is 308 g/mol. The normalized spacial score (nSPS) is 18.0. The molecule has 128 valence electrons. The van der Waals surface area contributed by atoms with Crippen molar-refractivity contribution in [1.82, 2.24) is 10.1 Å². The van der Waals surface area contributed by atoms with Crippen LogP contribution < -0.4 is 0 Å². The van der Waals surface area contributed by atoms with Gasteiger partial charge in [0.1, 0.15) is 17.3 Å². The van der Waals surface area contributed by atoms with Crippen molar-refractivity contribution in [3.63, 3.8) is 0 Å². The second-order valence-corrected chi connectivity index (χ2v) is 6.09. The van der Waals surface area contributed by atoms with Crippen LogP contribution in [0.1, 0.15) is 35.0 Å². The standard InChI is InChI=1S/C18H22N2O4/c1-12-4-5-15(23-12)6-7-18(21)20-9-8-16(10-20)22-11-17-13(2)19-24-14(17)3/h4-7,16H,8-11H2,1-3H3/b7-6+. The summed E-state index contributed by atoms with van der Waals surface area (Å²) in [7, 11) is 0. The topological polar surface area (TPSA) is 68.7 Å². The van der Waals surface area contributed by atoms with E-state index in [4.69, 9.17) is 13.7 Å². The average Bonchev–Trinajstić information content (AvgIpc) is 3.26. The van der Waals surface area contributed by atoms with Gasteiger partial charge in [0.2, 0.25) is 5.91 Å². The van der Waals surface area contributed by atoms with Crippen LogP contribution in [0, 0.1) is 20.8 Å². The van der Waals surface area contributed by atoms with Crippen LogP contribution in [0.4, 0.5) is 0 Å². The zero-order chi connectivity index (χ0) is 17.1. The first kappa shape index (κ1) is 16.5. The van der Waals surface area contributed by atoms with E-state index in [2.05, 4.69) is 5.16 Å². The van der Waals surface area contributed by atoms with Crippen LogP contribution in [-0.2, 0) is 16.1 Å². The van der Waals surface area contributed by atoms with Crippen molar-refractivity contribution < 1.29 is 18.5 Å². The number of carbonyl (C=O) groups excluding carboxylic acids is 1. The lowest BCUT2D eigenvalue weighted by Crippen LogP contribution is -2.28. The van der Waals surface area contributed by atoms with E-state index in [9.17, 15) is 4.79 Å². The molecule has 1 aliphatic rings. The van der Waals surface area contributed by atoms with Crippen LogP contribution in [-0.4, -0.2) is 35.2 Å². The molecule has 24 heavy (non-hydrogen) atoms. The van der Waals surface area contributed by atoms with E-state index in [0.29, 0.717) is 25.5 Å². The van der Waals surface area contributed by atoms with E-state index < -0.39 is 0 Å². The highest BCUT2D eigenvalue weighted by atomic mass is 16.5. The van der Waals surface area contributed by atoms with Gasteiger partial charge in [-0.3, -0.25) is 4.79 Å². The first-order valence-electron chi connectivity index (χ1n) is 8.09. The van der Waals surface area contributed by atoms with Crippen LogP contribution in [0.3, 0.4) is 0 Å². The van der Waals surface area contributed by atoms with Gasteiger partial charge < -0.3 is 18.6 Å². The van der Waals surface area contributed by atoms with Crippen molar-refractivity contribution in [3.05, 3.63) is 46.7 Å². The Balaban J connectivity index is 1.49. The number of likely N-dealkylation sites (tertiary alicyclic amines) is 1. The fourth-order valence-corrected chi connectivity index (χ4v) is 2.78.